The molecule has 0 radical (unpaired) electrons. The summed E-state index contributed by atoms with van der Waals surface area (Å²) in [5, 5.41) is 3.97. The molecular formula is C18H17NO2. The van der Waals surface area contributed by atoms with Crippen molar-refractivity contribution in [2.45, 2.75) is 19.4 Å². The van der Waals surface area contributed by atoms with Gasteiger partial charge in [0, 0.05) is 5.39 Å². The lowest BCUT2D eigenvalue weighted by molar-refractivity contribution is 0.0909. The highest BCUT2D eigenvalue weighted by atomic mass is 16.3. The fourth-order valence-electron chi connectivity index (χ4n) is 2.43. The summed E-state index contributed by atoms with van der Waals surface area (Å²) in [5.41, 5.74) is 1.83. The number of amides is 1. The third-order valence-electron chi connectivity index (χ3n) is 3.56. The third kappa shape index (κ3) is 2.82. The zero-order valence-corrected chi connectivity index (χ0v) is 11.9. The Labute approximate surface area is 123 Å². The summed E-state index contributed by atoms with van der Waals surface area (Å²) in [6.07, 6.45) is 0.829. The summed E-state index contributed by atoms with van der Waals surface area (Å²) in [5.74, 6) is 0.174. The van der Waals surface area contributed by atoms with Crippen molar-refractivity contribution in [3.8, 4) is 0 Å². The lowest BCUT2D eigenvalue weighted by atomic mass is 10.0. The maximum absolute atomic E-state index is 12.4. The van der Waals surface area contributed by atoms with Crippen LogP contribution in [0.15, 0.2) is 65.1 Å². The molecule has 0 aliphatic heterocycles. The van der Waals surface area contributed by atoms with Gasteiger partial charge < -0.3 is 9.73 Å². The first-order valence-electron chi connectivity index (χ1n) is 7.12. The van der Waals surface area contributed by atoms with Crippen LogP contribution in [0.4, 0.5) is 0 Å². The quantitative estimate of drug-likeness (QED) is 0.773. The van der Waals surface area contributed by atoms with E-state index >= 15 is 0 Å². The monoisotopic (exact) mass is 279 g/mol. The Balaban J connectivity index is 1.81. The van der Waals surface area contributed by atoms with Crippen LogP contribution >= 0.6 is 0 Å². The van der Waals surface area contributed by atoms with Crippen LogP contribution in [0.25, 0.3) is 11.0 Å². The minimum atomic E-state index is -0.179. The van der Waals surface area contributed by atoms with Gasteiger partial charge in [0.25, 0.3) is 5.91 Å². The van der Waals surface area contributed by atoms with Gasteiger partial charge in [-0.3, -0.25) is 4.79 Å². The number of hydrogen-bond donors (Lipinski definition) is 1. The Morgan fingerprint density at radius 3 is 2.52 bits per heavy atom. The van der Waals surface area contributed by atoms with E-state index in [1.165, 1.54) is 0 Å². The highest BCUT2D eigenvalue weighted by Gasteiger charge is 2.17. The van der Waals surface area contributed by atoms with Crippen molar-refractivity contribution in [1.29, 1.82) is 0 Å². The molecule has 3 rings (SSSR count). The minimum absolute atomic E-state index is 0.00749. The van der Waals surface area contributed by atoms with E-state index in [2.05, 4.69) is 12.2 Å². The molecule has 1 N–H and O–H groups in total. The number of furan rings is 1. The van der Waals surface area contributed by atoms with Gasteiger partial charge >= 0.3 is 0 Å². The van der Waals surface area contributed by atoms with E-state index in [4.69, 9.17) is 4.42 Å². The fraction of sp³-hybridized carbons (Fsp3) is 0.167. The number of fused-ring (bicyclic) bond motifs is 1. The lowest BCUT2D eigenvalue weighted by Gasteiger charge is -2.16. The molecule has 1 unspecified atom stereocenters. The normalized spacial score (nSPS) is 12.2. The van der Waals surface area contributed by atoms with Crippen LogP contribution < -0.4 is 5.32 Å². The van der Waals surface area contributed by atoms with Crippen molar-refractivity contribution in [1.82, 2.24) is 5.32 Å². The second-order valence-electron chi connectivity index (χ2n) is 4.99. The van der Waals surface area contributed by atoms with E-state index in [0.717, 1.165) is 23.0 Å². The summed E-state index contributed by atoms with van der Waals surface area (Å²) in [7, 11) is 0. The number of nitrogens with one attached hydrogen (secondary N) is 1. The first kappa shape index (κ1) is 13.4. The molecule has 1 heterocycles. The predicted molar refractivity (Wildman–Crippen MR) is 83.2 cm³/mol. The summed E-state index contributed by atoms with van der Waals surface area (Å²) < 4.78 is 5.60. The number of hydrogen-bond acceptors (Lipinski definition) is 2. The fourth-order valence-corrected chi connectivity index (χ4v) is 2.43. The summed E-state index contributed by atoms with van der Waals surface area (Å²) in [6.45, 7) is 2.05. The molecule has 3 aromatic rings. The first-order chi connectivity index (χ1) is 10.3. The van der Waals surface area contributed by atoms with Gasteiger partial charge in [-0.05, 0) is 24.1 Å². The van der Waals surface area contributed by atoms with Gasteiger partial charge in [-0.15, -0.1) is 0 Å². The Hall–Kier alpha value is -2.55. The van der Waals surface area contributed by atoms with Gasteiger partial charge in [-0.2, -0.15) is 0 Å². The standard InChI is InChI=1S/C18H17NO2/c1-2-15(13-8-4-3-5-9-13)19-18(20)17-12-14-10-6-7-11-16(14)21-17/h3-12,15H,2H2,1H3,(H,19,20). The second-order valence-corrected chi connectivity index (χ2v) is 4.99. The molecule has 0 saturated heterocycles. The molecule has 0 fully saturated rings. The van der Waals surface area contributed by atoms with Crippen LogP contribution in [0.2, 0.25) is 0 Å². The molecule has 0 saturated carbocycles. The maximum Gasteiger partial charge on any atom is 0.287 e. The smallest absolute Gasteiger partial charge is 0.287 e. The highest BCUT2D eigenvalue weighted by Crippen LogP contribution is 2.21. The summed E-state index contributed by atoms with van der Waals surface area (Å²) in [6, 6.07) is 19.4. The molecule has 106 valence electrons. The summed E-state index contributed by atoms with van der Waals surface area (Å²) >= 11 is 0. The van der Waals surface area contributed by atoms with Crippen molar-refractivity contribution in [3.05, 3.63) is 72.0 Å². The average molecular weight is 279 g/mol. The van der Waals surface area contributed by atoms with E-state index in [-0.39, 0.29) is 11.9 Å². The molecule has 3 heteroatoms. The van der Waals surface area contributed by atoms with Crippen molar-refractivity contribution in [2.75, 3.05) is 0 Å². The molecule has 1 amide bonds. The van der Waals surface area contributed by atoms with E-state index in [0.29, 0.717) is 5.76 Å². The van der Waals surface area contributed by atoms with E-state index in [1.54, 1.807) is 6.07 Å². The van der Waals surface area contributed by atoms with E-state index in [1.807, 2.05) is 54.6 Å². The Kier molecular flexibility index (Phi) is 3.73. The second kappa shape index (κ2) is 5.83. The molecule has 0 spiro atoms. The molecule has 0 bridgehead atoms. The van der Waals surface area contributed by atoms with Crippen molar-refractivity contribution in [3.63, 3.8) is 0 Å². The lowest BCUT2D eigenvalue weighted by Crippen LogP contribution is -2.27. The molecular weight excluding hydrogens is 262 g/mol. The Bertz CT molecular complexity index is 713. The largest absolute Gasteiger partial charge is 0.451 e. The number of carbonyl (C=O) groups excluding carboxylic acids is 1. The van der Waals surface area contributed by atoms with Crippen LogP contribution in [0, 0.1) is 0 Å². The zero-order valence-electron chi connectivity index (χ0n) is 11.9. The van der Waals surface area contributed by atoms with Crippen molar-refractivity contribution in [2.24, 2.45) is 0 Å². The molecule has 2 aromatic carbocycles. The molecule has 21 heavy (non-hydrogen) atoms. The van der Waals surface area contributed by atoms with Crippen LogP contribution in [-0.4, -0.2) is 5.91 Å². The van der Waals surface area contributed by atoms with Gasteiger partial charge in [-0.25, -0.2) is 0 Å². The number of rotatable bonds is 4. The molecule has 1 aromatic heterocycles. The SMILES string of the molecule is CCC(NC(=O)c1cc2ccccc2o1)c1ccccc1. The predicted octanol–water partition coefficient (Wildman–Crippen LogP) is 4.31. The first-order valence-corrected chi connectivity index (χ1v) is 7.12. The number of benzene rings is 2. The van der Waals surface area contributed by atoms with Crippen LogP contribution in [0.3, 0.4) is 0 Å². The third-order valence-corrected chi connectivity index (χ3v) is 3.56. The van der Waals surface area contributed by atoms with Gasteiger partial charge in [0.1, 0.15) is 5.58 Å². The van der Waals surface area contributed by atoms with E-state index < -0.39 is 0 Å². The Morgan fingerprint density at radius 1 is 1.10 bits per heavy atom. The topological polar surface area (TPSA) is 42.2 Å². The maximum atomic E-state index is 12.4. The van der Waals surface area contributed by atoms with Crippen LogP contribution in [-0.2, 0) is 0 Å². The van der Waals surface area contributed by atoms with Gasteiger partial charge in [0.05, 0.1) is 6.04 Å². The molecule has 0 aliphatic rings. The van der Waals surface area contributed by atoms with Gasteiger partial charge in [-0.1, -0.05) is 55.5 Å². The molecule has 3 nitrogen and oxygen atoms in total. The van der Waals surface area contributed by atoms with Crippen LogP contribution in [0.1, 0.15) is 35.5 Å². The zero-order chi connectivity index (χ0) is 14.7. The van der Waals surface area contributed by atoms with Crippen LogP contribution in [0.5, 0.6) is 0 Å². The average Bonchev–Trinajstić information content (AvgIpc) is 2.97. The number of para-hydroxylation sites is 1. The van der Waals surface area contributed by atoms with Crippen molar-refractivity contribution < 1.29 is 9.21 Å². The molecule has 0 aliphatic carbocycles. The minimum Gasteiger partial charge on any atom is -0.451 e. The van der Waals surface area contributed by atoms with E-state index in [9.17, 15) is 4.79 Å². The van der Waals surface area contributed by atoms with Gasteiger partial charge in [0.15, 0.2) is 5.76 Å². The Morgan fingerprint density at radius 2 is 1.81 bits per heavy atom. The highest BCUT2D eigenvalue weighted by molar-refractivity contribution is 5.96. The van der Waals surface area contributed by atoms with Gasteiger partial charge in [0.2, 0.25) is 0 Å². The van der Waals surface area contributed by atoms with Crippen molar-refractivity contribution >= 4 is 16.9 Å². The summed E-state index contributed by atoms with van der Waals surface area (Å²) in [4.78, 5) is 12.4. The molecule has 1 atom stereocenters. The number of carbonyl (C=O) groups is 1.